The quantitative estimate of drug-likeness (QED) is 0.300. The van der Waals surface area contributed by atoms with E-state index < -0.39 is 18.6 Å². The lowest BCUT2D eigenvalue weighted by Gasteiger charge is -2.27. The summed E-state index contributed by atoms with van der Waals surface area (Å²) in [5, 5.41) is 32.7. The molecule has 1 atom stereocenters. The zero-order chi connectivity index (χ0) is 22.7. The van der Waals surface area contributed by atoms with Gasteiger partial charge in [-0.2, -0.15) is 10.5 Å². The minimum atomic E-state index is -1.20. The van der Waals surface area contributed by atoms with E-state index in [1.54, 1.807) is 18.3 Å². The van der Waals surface area contributed by atoms with Crippen LogP contribution in [0.4, 0.5) is 17.3 Å². The number of guanidine groups is 1. The first-order chi connectivity index (χ1) is 14.8. The molecule has 0 fully saturated rings. The maximum atomic E-state index is 11.1. The molecule has 0 bridgehead atoms. The Morgan fingerprint density at radius 2 is 2.16 bits per heavy atom. The zero-order valence-corrected chi connectivity index (χ0v) is 17.5. The van der Waals surface area contributed by atoms with Crippen molar-refractivity contribution in [2.45, 2.75) is 6.04 Å². The molecule has 2 aromatic rings. The van der Waals surface area contributed by atoms with E-state index in [-0.39, 0.29) is 40.3 Å². The first kappa shape index (κ1) is 21.5. The highest BCUT2D eigenvalue weighted by Gasteiger charge is 2.33. The molecule has 1 aliphatic rings. The topological polar surface area (TPSA) is 205 Å². The molecule has 0 saturated heterocycles. The van der Waals surface area contributed by atoms with Crippen molar-refractivity contribution in [2.24, 2.45) is 4.99 Å². The lowest BCUT2D eigenvalue weighted by atomic mass is 9.94. The highest BCUT2D eigenvalue weighted by atomic mass is 79.9. The summed E-state index contributed by atoms with van der Waals surface area (Å²) in [5.74, 6) is -0.747. The summed E-state index contributed by atoms with van der Waals surface area (Å²) in [4.78, 5) is 19.7. The Morgan fingerprint density at radius 1 is 1.42 bits per heavy atom. The van der Waals surface area contributed by atoms with Gasteiger partial charge in [0, 0.05) is 15.6 Å². The Morgan fingerprint density at radius 3 is 2.77 bits per heavy atom. The normalized spacial score (nSPS) is 14.2. The summed E-state index contributed by atoms with van der Waals surface area (Å²) in [5.41, 5.74) is 12.7. The van der Waals surface area contributed by atoms with Crippen LogP contribution < -0.4 is 31.6 Å². The number of anilines is 3. The second-order valence-corrected chi connectivity index (χ2v) is 7.03. The summed E-state index contributed by atoms with van der Waals surface area (Å²) >= 11 is 3.38. The molecule has 158 valence electrons. The van der Waals surface area contributed by atoms with E-state index in [4.69, 9.17) is 31.3 Å². The Bertz CT molecular complexity index is 1180. The van der Waals surface area contributed by atoms with Crippen LogP contribution in [0.25, 0.3) is 0 Å². The van der Waals surface area contributed by atoms with Crippen LogP contribution in [0.5, 0.6) is 11.5 Å². The number of benzene rings is 1. The number of methoxy groups -OCH3 is 1. The van der Waals surface area contributed by atoms with Crippen molar-refractivity contribution in [3.8, 4) is 23.8 Å². The summed E-state index contributed by atoms with van der Waals surface area (Å²) in [6, 6.07) is 4.19. The number of nitrogens with two attached hydrogens (primary N) is 2. The monoisotopic (exact) mass is 486 g/mol. The summed E-state index contributed by atoms with van der Waals surface area (Å²) in [6.07, 6.45) is 1.75. The smallest absolute Gasteiger partial charge is 0.341 e. The number of nitrogens with zero attached hydrogens (tertiary/aromatic N) is 4. The molecule has 0 amide bonds. The second-order valence-electron chi connectivity index (χ2n) is 6.11. The summed E-state index contributed by atoms with van der Waals surface area (Å²) in [7, 11) is 1.39. The van der Waals surface area contributed by atoms with Crippen molar-refractivity contribution < 1.29 is 19.4 Å². The SMILES string of the molecule is COc1cc(Br)cc(C2N=C(NC#N)Nc3nc(N)c(C#N)c(N)c32)c1OCC(=O)O. The van der Waals surface area contributed by atoms with Gasteiger partial charge in [-0.1, -0.05) is 15.9 Å². The van der Waals surface area contributed by atoms with Crippen LogP contribution in [0.2, 0.25) is 0 Å². The Kier molecular flexibility index (Phi) is 5.99. The maximum absolute atomic E-state index is 11.1. The fourth-order valence-electron chi connectivity index (χ4n) is 3.04. The molecular formula is C18H15BrN8O4. The molecule has 0 spiro atoms. The fraction of sp³-hybridized carbons (Fsp3) is 0.167. The third-order valence-corrected chi connectivity index (χ3v) is 4.72. The van der Waals surface area contributed by atoms with Gasteiger partial charge in [0.1, 0.15) is 29.3 Å². The Labute approximate surface area is 184 Å². The molecule has 3 rings (SSSR count). The van der Waals surface area contributed by atoms with Gasteiger partial charge in [-0.15, -0.1) is 0 Å². The predicted octanol–water partition coefficient (Wildman–Crippen LogP) is 1.29. The van der Waals surface area contributed by atoms with Gasteiger partial charge < -0.3 is 31.4 Å². The van der Waals surface area contributed by atoms with Crippen LogP contribution in [-0.4, -0.2) is 35.7 Å². The van der Waals surface area contributed by atoms with Crippen molar-refractivity contribution in [1.29, 1.82) is 10.5 Å². The van der Waals surface area contributed by atoms with Gasteiger partial charge >= 0.3 is 5.97 Å². The van der Waals surface area contributed by atoms with E-state index >= 15 is 0 Å². The third kappa shape index (κ3) is 4.08. The fourth-order valence-corrected chi connectivity index (χ4v) is 3.49. The molecule has 1 unspecified atom stereocenters. The molecule has 0 saturated carbocycles. The van der Waals surface area contributed by atoms with E-state index in [0.29, 0.717) is 15.6 Å². The second kappa shape index (κ2) is 8.64. The molecule has 1 aliphatic heterocycles. The molecule has 7 N–H and O–H groups in total. The summed E-state index contributed by atoms with van der Waals surface area (Å²) in [6.45, 7) is -0.644. The summed E-state index contributed by atoms with van der Waals surface area (Å²) < 4.78 is 11.4. The minimum absolute atomic E-state index is 0.0328. The number of aromatic nitrogens is 1. The average Bonchev–Trinajstić information content (AvgIpc) is 2.71. The number of fused-ring (bicyclic) bond motifs is 1. The van der Waals surface area contributed by atoms with Crippen LogP contribution in [0, 0.1) is 22.8 Å². The third-order valence-electron chi connectivity index (χ3n) is 4.26. The lowest BCUT2D eigenvalue weighted by Crippen LogP contribution is -2.33. The first-order valence-electron chi connectivity index (χ1n) is 8.51. The Hall–Kier alpha value is -4.23. The average molecular weight is 487 g/mol. The van der Waals surface area contributed by atoms with Crippen LogP contribution >= 0.6 is 15.9 Å². The van der Waals surface area contributed by atoms with Gasteiger partial charge in [0.05, 0.1) is 12.8 Å². The van der Waals surface area contributed by atoms with E-state index in [0.717, 1.165) is 0 Å². The molecule has 31 heavy (non-hydrogen) atoms. The number of carboxylic acid groups (broad SMARTS) is 1. The lowest BCUT2D eigenvalue weighted by molar-refractivity contribution is -0.139. The van der Waals surface area contributed by atoms with Gasteiger partial charge in [0.2, 0.25) is 5.96 Å². The number of halogens is 1. The van der Waals surface area contributed by atoms with Gasteiger partial charge in [-0.05, 0) is 12.1 Å². The van der Waals surface area contributed by atoms with E-state index in [2.05, 4.69) is 36.5 Å². The van der Waals surface area contributed by atoms with E-state index in [9.17, 15) is 10.1 Å². The number of rotatable bonds is 5. The highest BCUT2D eigenvalue weighted by Crippen LogP contribution is 2.46. The van der Waals surface area contributed by atoms with Crippen molar-refractivity contribution in [3.05, 3.63) is 33.3 Å². The first-order valence-corrected chi connectivity index (χ1v) is 9.30. The van der Waals surface area contributed by atoms with Gasteiger partial charge in [0.15, 0.2) is 24.3 Å². The van der Waals surface area contributed by atoms with Crippen LogP contribution in [-0.2, 0) is 4.79 Å². The molecule has 1 aromatic heterocycles. The predicted molar refractivity (Wildman–Crippen MR) is 113 cm³/mol. The number of aliphatic carboxylic acids is 1. The van der Waals surface area contributed by atoms with Crippen LogP contribution in [0.1, 0.15) is 22.7 Å². The number of carbonyl (C=O) groups is 1. The van der Waals surface area contributed by atoms with Gasteiger partial charge in [-0.3, -0.25) is 5.32 Å². The van der Waals surface area contributed by atoms with Gasteiger partial charge in [0.25, 0.3) is 0 Å². The number of aliphatic imine (C=N–C) groups is 1. The highest BCUT2D eigenvalue weighted by molar-refractivity contribution is 9.10. The minimum Gasteiger partial charge on any atom is -0.493 e. The number of ether oxygens (including phenoxy) is 2. The largest absolute Gasteiger partial charge is 0.493 e. The number of hydrogen-bond donors (Lipinski definition) is 5. The molecule has 1 aromatic carbocycles. The number of nitrogens with one attached hydrogen (secondary N) is 2. The maximum Gasteiger partial charge on any atom is 0.341 e. The molecule has 0 aliphatic carbocycles. The molecule has 0 radical (unpaired) electrons. The van der Waals surface area contributed by atoms with Gasteiger partial charge in [-0.25, -0.2) is 14.8 Å². The van der Waals surface area contributed by atoms with Crippen molar-refractivity contribution in [2.75, 3.05) is 30.5 Å². The van der Waals surface area contributed by atoms with Crippen molar-refractivity contribution in [3.63, 3.8) is 0 Å². The molecular weight excluding hydrogens is 472 g/mol. The number of pyridine rings is 1. The molecule has 12 nitrogen and oxygen atoms in total. The van der Waals surface area contributed by atoms with Crippen LogP contribution in [0.3, 0.4) is 0 Å². The van der Waals surface area contributed by atoms with Crippen molar-refractivity contribution in [1.82, 2.24) is 10.3 Å². The van der Waals surface area contributed by atoms with E-state index in [1.807, 2.05) is 6.07 Å². The van der Waals surface area contributed by atoms with E-state index in [1.165, 1.54) is 7.11 Å². The number of nitrogen functional groups attached to an aromatic ring is 2. The molecule has 2 heterocycles. The number of nitriles is 2. The zero-order valence-electron chi connectivity index (χ0n) is 15.9. The number of hydrogen-bond acceptors (Lipinski definition) is 11. The standard InChI is InChI=1S/C18H15BrN8O4/c1-30-10-3-7(19)2-8(15(10)31-5-11(28)29)14-12-13(22)9(4-20)16(23)26-17(12)27-18(25-14)24-6-21/h2-3,14H,5H2,1H3,(H,28,29)(H6,22,23,24,25,26,27). The van der Waals surface area contributed by atoms with Crippen molar-refractivity contribution >= 4 is 45.2 Å². The Balaban J connectivity index is 2.32. The molecule has 13 heteroatoms. The van der Waals surface area contributed by atoms with Crippen LogP contribution in [0.15, 0.2) is 21.6 Å². The number of carboxylic acids is 1.